The van der Waals surface area contributed by atoms with E-state index in [2.05, 4.69) is 0 Å². The Hall–Kier alpha value is -1.74. The Morgan fingerprint density at radius 3 is 2.67 bits per heavy atom. The second kappa shape index (κ2) is 5.94. The monoisotopic (exact) mass is 297 g/mol. The lowest BCUT2D eigenvalue weighted by atomic mass is 9.92. The molecular formula is C15H18F3N3. The van der Waals surface area contributed by atoms with Crippen molar-refractivity contribution in [3.05, 3.63) is 29.3 Å². The lowest BCUT2D eigenvalue weighted by Crippen LogP contribution is -2.44. The van der Waals surface area contributed by atoms with Crippen molar-refractivity contribution in [2.45, 2.75) is 32.0 Å². The van der Waals surface area contributed by atoms with E-state index >= 15 is 0 Å². The molecular weight excluding hydrogens is 279 g/mol. The Morgan fingerprint density at radius 1 is 1.38 bits per heavy atom. The van der Waals surface area contributed by atoms with Crippen molar-refractivity contribution in [2.75, 3.05) is 18.0 Å². The number of piperidine rings is 1. The van der Waals surface area contributed by atoms with Gasteiger partial charge in [-0.15, -0.1) is 0 Å². The number of rotatable bonds is 2. The van der Waals surface area contributed by atoms with Gasteiger partial charge >= 0.3 is 6.18 Å². The first-order chi connectivity index (χ1) is 9.86. The number of nitrogens with two attached hydrogens (primary N) is 1. The summed E-state index contributed by atoms with van der Waals surface area (Å²) < 4.78 is 39.1. The third-order valence-electron chi connectivity index (χ3n) is 4.07. The van der Waals surface area contributed by atoms with Crippen molar-refractivity contribution >= 4 is 5.69 Å². The van der Waals surface area contributed by atoms with E-state index in [0.29, 0.717) is 24.7 Å². The largest absolute Gasteiger partial charge is 0.417 e. The molecule has 0 saturated carbocycles. The van der Waals surface area contributed by atoms with Gasteiger partial charge in [-0.2, -0.15) is 18.4 Å². The Labute approximate surface area is 122 Å². The van der Waals surface area contributed by atoms with Gasteiger partial charge in [0.15, 0.2) is 0 Å². The van der Waals surface area contributed by atoms with Gasteiger partial charge in [-0.05, 0) is 50.4 Å². The number of nitriles is 1. The van der Waals surface area contributed by atoms with Crippen LogP contribution in [0.4, 0.5) is 18.9 Å². The highest BCUT2D eigenvalue weighted by Crippen LogP contribution is 2.36. The van der Waals surface area contributed by atoms with Gasteiger partial charge < -0.3 is 10.6 Å². The maximum absolute atomic E-state index is 13.0. The summed E-state index contributed by atoms with van der Waals surface area (Å²) in [6.07, 6.45) is -2.62. The Balaban J connectivity index is 2.38. The van der Waals surface area contributed by atoms with E-state index in [1.165, 1.54) is 6.07 Å². The van der Waals surface area contributed by atoms with Gasteiger partial charge in [0.05, 0.1) is 17.2 Å². The zero-order chi connectivity index (χ0) is 15.6. The summed E-state index contributed by atoms with van der Waals surface area (Å²) in [6.45, 7) is 3.19. The molecule has 1 fully saturated rings. The smallest absolute Gasteiger partial charge is 0.368 e. The molecule has 1 aromatic rings. The van der Waals surface area contributed by atoms with E-state index in [9.17, 15) is 13.2 Å². The number of nitrogens with zero attached hydrogens (tertiary/aromatic N) is 2. The predicted molar refractivity (Wildman–Crippen MR) is 74.7 cm³/mol. The normalized spacial score (nSPS) is 23.0. The molecule has 21 heavy (non-hydrogen) atoms. The minimum absolute atomic E-state index is 0.168. The topological polar surface area (TPSA) is 53.0 Å². The summed E-state index contributed by atoms with van der Waals surface area (Å²) in [5.74, 6) is 0.297. The third kappa shape index (κ3) is 3.30. The maximum Gasteiger partial charge on any atom is 0.417 e. The number of anilines is 1. The van der Waals surface area contributed by atoms with Crippen molar-refractivity contribution in [3.63, 3.8) is 0 Å². The summed E-state index contributed by atoms with van der Waals surface area (Å²) >= 11 is 0. The van der Waals surface area contributed by atoms with Crippen LogP contribution in [0.25, 0.3) is 0 Å². The van der Waals surface area contributed by atoms with Crippen LogP contribution in [0.2, 0.25) is 0 Å². The van der Waals surface area contributed by atoms with E-state index < -0.39 is 11.7 Å². The fraction of sp³-hybridized carbons (Fsp3) is 0.533. The van der Waals surface area contributed by atoms with E-state index in [4.69, 9.17) is 11.0 Å². The first-order valence-corrected chi connectivity index (χ1v) is 6.95. The molecule has 2 atom stereocenters. The molecule has 3 nitrogen and oxygen atoms in total. The van der Waals surface area contributed by atoms with Crippen molar-refractivity contribution in [1.29, 1.82) is 5.26 Å². The molecule has 114 valence electrons. The Bertz CT molecular complexity index is 548. The molecule has 1 heterocycles. The summed E-state index contributed by atoms with van der Waals surface area (Å²) in [5, 5.41) is 8.83. The lowest BCUT2D eigenvalue weighted by molar-refractivity contribution is -0.137. The van der Waals surface area contributed by atoms with Gasteiger partial charge in [0.1, 0.15) is 0 Å². The zero-order valence-corrected chi connectivity index (χ0v) is 11.8. The number of halogens is 3. The summed E-state index contributed by atoms with van der Waals surface area (Å²) in [6, 6.07) is 5.68. The van der Waals surface area contributed by atoms with Crippen molar-refractivity contribution < 1.29 is 13.2 Å². The van der Waals surface area contributed by atoms with Crippen molar-refractivity contribution in [2.24, 2.45) is 11.7 Å². The van der Waals surface area contributed by atoms with Gasteiger partial charge in [0, 0.05) is 18.3 Å². The average molecular weight is 297 g/mol. The van der Waals surface area contributed by atoms with Crippen molar-refractivity contribution in [3.8, 4) is 6.07 Å². The Morgan fingerprint density at radius 2 is 2.10 bits per heavy atom. The van der Waals surface area contributed by atoms with Crippen LogP contribution in [0.1, 0.15) is 30.9 Å². The molecule has 0 spiro atoms. The highest BCUT2D eigenvalue weighted by atomic mass is 19.4. The quantitative estimate of drug-likeness (QED) is 0.912. The Kier molecular flexibility index (Phi) is 4.43. The van der Waals surface area contributed by atoms with Crippen LogP contribution >= 0.6 is 0 Å². The van der Waals surface area contributed by atoms with Crippen LogP contribution in [-0.2, 0) is 6.18 Å². The van der Waals surface area contributed by atoms with E-state index in [1.807, 2.05) is 11.8 Å². The molecule has 0 aliphatic carbocycles. The average Bonchev–Trinajstić information content (AvgIpc) is 2.46. The SMILES string of the molecule is CC1CCC(CN)CN1c1ccc(C#N)c(C(F)(F)F)c1. The number of benzene rings is 1. The molecule has 0 bridgehead atoms. The van der Waals surface area contributed by atoms with Crippen LogP contribution in [-0.4, -0.2) is 19.1 Å². The molecule has 2 rings (SSSR count). The van der Waals surface area contributed by atoms with Crippen molar-refractivity contribution in [1.82, 2.24) is 0 Å². The zero-order valence-electron chi connectivity index (χ0n) is 11.8. The fourth-order valence-corrected chi connectivity index (χ4v) is 2.78. The van der Waals surface area contributed by atoms with Gasteiger partial charge in [-0.1, -0.05) is 0 Å². The maximum atomic E-state index is 13.0. The fourth-order valence-electron chi connectivity index (χ4n) is 2.78. The molecule has 1 aliphatic rings. The summed E-state index contributed by atoms with van der Waals surface area (Å²) in [7, 11) is 0. The molecule has 6 heteroatoms. The lowest BCUT2D eigenvalue weighted by Gasteiger charge is -2.39. The molecule has 0 aromatic heterocycles. The summed E-state index contributed by atoms with van der Waals surface area (Å²) in [5.41, 5.74) is 4.98. The first kappa shape index (κ1) is 15.6. The van der Waals surface area contributed by atoms with Gasteiger partial charge in [-0.3, -0.25) is 0 Å². The molecule has 2 unspecified atom stereocenters. The van der Waals surface area contributed by atoms with E-state index in [0.717, 1.165) is 18.9 Å². The minimum atomic E-state index is -4.52. The van der Waals surface area contributed by atoms with Crippen LogP contribution in [0, 0.1) is 17.2 Å². The van der Waals surface area contributed by atoms with Crippen LogP contribution < -0.4 is 10.6 Å². The second-order valence-electron chi connectivity index (χ2n) is 5.52. The highest BCUT2D eigenvalue weighted by molar-refractivity contribution is 5.55. The van der Waals surface area contributed by atoms with Gasteiger partial charge in [0.25, 0.3) is 0 Å². The van der Waals surface area contributed by atoms with Crippen LogP contribution in [0.3, 0.4) is 0 Å². The number of hydrogen-bond acceptors (Lipinski definition) is 3. The summed E-state index contributed by atoms with van der Waals surface area (Å²) in [4.78, 5) is 1.96. The third-order valence-corrected chi connectivity index (χ3v) is 4.07. The second-order valence-corrected chi connectivity index (χ2v) is 5.52. The molecule has 2 N–H and O–H groups in total. The number of alkyl halides is 3. The minimum Gasteiger partial charge on any atom is -0.368 e. The molecule has 1 aromatic carbocycles. The molecule has 0 amide bonds. The number of hydrogen-bond donors (Lipinski definition) is 1. The van der Waals surface area contributed by atoms with E-state index in [-0.39, 0.29) is 11.6 Å². The van der Waals surface area contributed by atoms with Crippen LogP contribution in [0.5, 0.6) is 0 Å². The predicted octanol–water partition coefficient (Wildman–Crippen LogP) is 3.14. The molecule has 1 aliphatic heterocycles. The van der Waals surface area contributed by atoms with Gasteiger partial charge in [0.2, 0.25) is 0 Å². The first-order valence-electron chi connectivity index (χ1n) is 6.95. The standard InChI is InChI=1S/C15H18F3N3/c1-10-2-3-11(7-19)9-21(10)13-5-4-12(8-20)14(6-13)15(16,17)18/h4-6,10-11H,2-3,7,9,19H2,1H3. The molecule has 1 saturated heterocycles. The van der Waals surface area contributed by atoms with Gasteiger partial charge in [-0.25, -0.2) is 0 Å². The molecule has 0 radical (unpaired) electrons. The van der Waals surface area contributed by atoms with Crippen LogP contribution in [0.15, 0.2) is 18.2 Å². The van der Waals surface area contributed by atoms with E-state index in [1.54, 1.807) is 12.1 Å². The highest BCUT2D eigenvalue weighted by Gasteiger charge is 2.35.